The smallest absolute Gasteiger partial charge is 0.185 e. The maximum absolute atomic E-state index is 10.8. The summed E-state index contributed by atoms with van der Waals surface area (Å²) in [5.74, 6) is 0.194. The van der Waals surface area contributed by atoms with Gasteiger partial charge in [0.2, 0.25) is 0 Å². The Morgan fingerprint density at radius 1 is 0.941 bits per heavy atom. The number of hydrogen-bond donors (Lipinski definition) is 4. The first kappa shape index (κ1) is 15.2. The Morgan fingerprint density at radius 2 is 1.35 bits per heavy atom. The zero-order chi connectivity index (χ0) is 13.1. The molecule has 0 saturated carbocycles. The first-order chi connectivity index (χ1) is 8.06. The molecule has 0 aromatic heterocycles. The molecule has 0 aliphatic heterocycles. The summed E-state index contributed by atoms with van der Waals surface area (Å²) in [7, 11) is 0. The molecule has 0 heterocycles. The second-order valence-electron chi connectivity index (χ2n) is 3.79. The summed E-state index contributed by atoms with van der Waals surface area (Å²) in [5.41, 5.74) is 20.8. The van der Waals surface area contributed by atoms with Crippen LogP contribution in [0.3, 0.4) is 0 Å². The average molecular weight is 242 g/mol. The van der Waals surface area contributed by atoms with Gasteiger partial charge in [0.1, 0.15) is 6.29 Å². The molecule has 0 aromatic carbocycles. The standard InChI is InChI=1S/C10H22N6O/c11-9(12)15-5-1-3-8(7-17)4-2-6-16-10(13)14/h7-8H,1-6H2,(H4,11,12,15)(H4,13,14,16). The molecule has 0 saturated heterocycles. The number of nitrogens with zero attached hydrogens (tertiary/aromatic N) is 2. The van der Waals surface area contributed by atoms with Crippen molar-refractivity contribution < 1.29 is 4.79 Å². The SMILES string of the molecule is NC(N)=NCCCC(C=O)CCCN=C(N)N. The van der Waals surface area contributed by atoms with Crippen LogP contribution >= 0.6 is 0 Å². The van der Waals surface area contributed by atoms with Crippen LogP contribution in [-0.2, 0) is 4.79 Å². The van der Waals surface area contributed by atoms with Gasteiger partial charge < -0.3 is 27.7 Å². The van der Waals surface area contributed by atoms with Crippen molar-refractivity contribution in [2.75, 3.05) is 13.1 Å². The van der Waals surface area contributed by atoms with Gasteiger partial charge in [-0.25, -0.2) is 0 Å². The summed E-state index contributed by atoms with van der Waals surface area (Å²) < 4.78 is 0. The van der Waals surface area contributed by atoms with E-state index in [1.54, 1.807) is 0 Å². The summed E-state index contributed by atoms with van der Waals surface area (Å²) in [6.07, 6.45) is 4.11. The maximum atomic E-state index is 10.8. The van der Waals surface area contributed by atoms with E-state index in [1.165, 1.54) is 0 Å². The van der Waals surface area contributed by atoms with Gasteiger partial charge in [0.15, 0.2) is 11.9 Å². The van der Waals surface area contributed by atoms with Crippen molar-refractivity contribution in [1.29, 1.82) is 0 Å². The summed E-state index contributed by atoms with van der Waals surface area (Å²) in [4.78, 5) is 18.5. The Kier molecular flexibility index (Phi) is 8.44. The van der Waals surface area contributed by atoms with Gasteiger partial charge in [-0.05, 0) is 25.7 Å². The Balaban J connectivity index is 3.66. The van der Waals surface area contributed by atoms with Crippen LogP contribution < -0.4 is 22.9 Å². The minimum atomic E-state index is 0.0263. The van der Waals surface area contributed by atoms with E-state index in [9.17, 15) is 4.79 Å². The Labute approximate surface area is 101 Å². The Hall–Kier alpha value is -1.79. The number of carbonyl (C=O) groups is 1. The van der Waals surface area contributed by atoms with E-state index in [0.717, 1.165) is 32.0 Å². The molecule has 7 heteroatoms. The van der Waals surface area contributed by atoms with Gasteiger partial charge in [-0.15, -0.1) is 0 Å². The normalized spacial score (nSPS) is 9.94. The number of nitrogens with two attached hydrogens (primary N) is 4. The third-order valence-electron chi connectivity index (χ3n) is 2.25. The van der Waals surface area contributed by atoms with Gasteiger partial charge in [0, 0.05) is 19.0 Å². The highest BCUT2D eigenvalue weighted by atomic mass is 16.1. The van der Waals surface area contributed by atoms with E-state index in [-0.39, 0.29) is 17.8 Å². The van der Waals surface area contributed by atoms with E-state index in [2.05, 4.69) is 9.98 Å². The molecule has 7 nitrogen and oxygen atoms in total. The summed E-state index contributed by atoms with van der Waals surface area (Å²) in [6.45, 7) is 1.11. The average Bonchev–Trinajstić information content (AvgIpc) is 2.26. The van der Waals surface area contributed by atoms with Gasteiger partial charge in [0.25, 0.3) is 0 Å². The quantitative estimate of drug-likeness (QED) is 0.175. The molecule has 0 aromatic rings. The first-order valence-electron chi connectivity index (χ1n) is 5.62. The summed E-state index contributed by atoms with van der Waals surface area (Å²) >= 11 is 0. The van der Waals surface area contributed by atoms with Crippen molar-refractivity contribution in [2.45, 2.75) is 25.7 Å². The number of aliphatic imine (C=N–C) groups is 2. The molecule has 17 heavy (non-hydrogen) atoms. The monoisotopic (exact) mass is 242 g/mol. The van der Waals surface area contributed by atoms with E-state index in [1.807, 2.05) is 0 Å². The molecule has 0 bridgehead atoms. The number of rotatable bonds is 9. The van der Waals surface area contributed by atoms with E-state index >= 15 is 0 Å². The lowest BCUT2D eigenvalue weighted by Crippen LogP contribution is -2.23. The van der Waals surface area contributed by atoms with Crippen molar-refractivity contribution in [3.05, 3.63) is 0 Å². The van der Waals surface area contributed by atoms with Crippen LogP contribution in [0.25, 0.3) is 0 Å². The minimum Gasteiger partial charge on any atom is -0.370 e. The molecule has 0 fully saturated rings. The van der Waals surface area contributed by atoms with E-state index in [0.29, 0.717) is 13.1 Å². The van der Waals surface area contributed by atoms with Gasteiger partial charge in [0.05, 0.1) is 0 Å². The molecule has 0 atom stereocenters. The highest BCUT2D eigenvalue weighted by Crippen LogP contribution is 2.11. The van der Waals surface area contributed by atoms with Crippen LogP contribution in [0.5, 0.6) is 0 Å². The lowest BCUT2D eigenvalue weighted by molar-refractivity contribution is -0.111. The zero-order valence-electron chi connectivity index (χ0n) is 10.0. The largest absolute Gasteiger partial charge is 0.370 e. The zero-order valence-corrected chi connectivity index (χ0v) is 10.0. The fraction of sp³-hybridized carbons (Fsp3) is 0.700. The number of carbonyl (C=O) groups excluding carboxylic acids is 1. The lowest BCUT2D eigenvalue weighted by atomic mass is 9.99. The highest BCUT2D eigenvalue weighted by Gasteiger charge is 2.06. The summed E-state index contributed by atoms with van der Waals surface area (Å²) in [5, 5.41) is 0. The van der Waals surface area contributed by atoms with Crippen molar-refractivity contribution in [3.63, 3.8) is 0 Å². The second kappa shape index (κ2) is 9.44. The molecule has 8 N–H and O–H groups in total. The van der Waals surface area contributed by atoms with Crippen LogP contribution in [0.2, 0.25) is 0 Å². The first-order valence-corrected chi connectivity index (χ1v) is 5.62. The van der Waals surface area contributed by atoms with Gasteiger partial charge >= 0.3 is 0 Å². The van der Waals surface area contributed by atoms with E-state index < -0.39 is 0 Å². The Bertz CT molecular complexity index is 244. The molecule has 98 valence electrons. The molecular weight excluding hydrogens is 220 g/mol. The fourth-order valence-corrected chi connectivity index (χ4v) is 1.40. The molecule has 0 unspecified atom stereocenters. The van der Waals surface area contributed by atoms with Crippen LogP contribution in [0.4, 0.5) is 0 Å². The number of aldehydes is 1. The molecule has 0 spiro atoms. The van der Waals surface area contributed by atoms with Crippen LogP contribution in [-0.4, -0.2) is 31.3 Å². The minimum absolute atomic E-state index is 0.0263. The van der Waals surface area contributed by atoms with Gasteiger partial charge in [-0.2, -0.15) is 0 Å². The van der Waals surface area contributed by atoms with Gasteiger partial charge in [-0.3, -0.25) is 9.98 Å². The third-order valence-corrected chi connectivity index (χ3v) is 2.25. The van der Waals surface area contributed by atoms with Gasteiger partial charge in [-0.1, -0.05) is 0 Å². The van der Waals surface area contributed by atoms with Crippen molar-refractivity contribution in [1.82, 2.24) is 0 Å². The van der Waals surface area contributed by atoms with E-state index in [4.69, 9.17) is 22.9 Å². The van der Waals surface area contributed by atoms with Crippen LogP contribution in [0, 0.1) is 5.92 Å². The fourth-order valence-electron chi connectivity index (χ4n) is 1.40. The summed E-state index contributed by atoms with van der Waals surface area (Å²) in [6, 6.07) is 0. The molecule has 0 amide bonds. The lowest BCUT2D eigenvalue weighted by Gasteiger charge is -2.07. The second-order valence-corrected chi connectivity index (χ2v) is 3.79. The third kappa shape index (κ3) is 10.5. The molecule has 0 radical (unpaired) electrons. The molecule has 0 aliphatic carbocycles. The maximum Gasteiger partial charge on any atom is 0.185 e. The van der Waals surface area contributed by atoms with Crippen molar-refractivity contribution in [2.24, 2.45) is 38.8 Å². The molecular formula is C10H22N6O. The topological polar surface area (TPSA) is 146 Å². The highest BCUT2D eigenvalue weighted by molar-refractivity contribution is 5.75. The number of guanidine groups is 2. The predicted molar refractivity (Wildman–Crippen MR) is 69.4 cm³/mol. The molecule has 0 aliphatic rings. The van der Waals surface area contributed by atoms with Crippen molar-refractivity contribution in [3.8, 4) is 0 Å². The Morgan fingerprint density at radius 3 is 1.65 bits per heavy atom. The predicted octanol–water partition coefficient (Wildman–Crippen LogP) is -1.09. The van der Waals surface area contributed by atoms with Crippen LogP contribution in [0.1, 0.15) is 25.7 Å². The molecule has 0 rings (SSSR count). The van der Waals surface area contributed by atoms with Crippen LogP contribution in [0.15, 0.2) is 9.98 Å². The van der Waals surface area contributed by atoms with Crippen molar-refractivity contribution >= 4 is 18.2 Å². The number of hydrogen-bond acceptors (Lipinski definition) is 3.